The minimum atomic E-state index is -0.481. The van der Waals surface area contributed by atoms with Crippen molar-refractivity contribution < 1.29 is 18.7 Å². The molecule has 0 spiro atoms. The van der Waals surface area contributed by atoms with E-state index in [4.69, 9.17) is 9.15 Å². The third kappa shape index (κ3) is 3.56. The highest BCUT2D eigenvalue weighted by molar-refractivity contribution is 5.87. The molecule has 0 fully saturated rings. The molecule has 112 valence electrons. The monoisotopic (exact) mass is 289 g/mol. The van der Waals surface area contributed by atoms with E-state index in [1.165, 1.54) is 13.4 Å². The molecule has 0 amide bonds. The van der Waals surface area contributed by atoms with Crippen molar-refractivity contribution in [2.24, 2.45) is 0 Å². The predicted molar refractivity (Wildman–Crippen MR) is 79.7 cm³/mol. The van der Waals surface area contributed by atoms with E-state index in [9.17, 15) is 4.79 Å². The summed E-state index contributed by atoms with van der Waals surface area (Å²) in [6.07, 6.45) is 1.47. The van der Waals surface area contributed by atoms with Crippen molar-refractivity contribution in [2.45, 2.75) is 20.4 Å². The van der Waals surface area contributed by atoms with Crippen LogP contribution in [0.3, 0.4) is 0 Å². The maximum atomic E-state index is 11.6. The van der Waals surface area contributed by atoms with Crippen molar-refractivity contribution in [3.8, 4) is 5.75 Å². The minimum absolute atomic E-state index is 0.218. The van der Waals surface area contributed by atoms with Crippen LogP contribution < -0.4 is 10.1 Å². The van der Waals surface area contributed by atoms with Crippen LogP contribution in [0.5, 0.6) is 5.75 Å². The summed E-state index contributed by atoms with van der Waals surface area (Å²) >= 11 is 0. The van der Waals surface area contributed by atoms with E-state index >= 15 is 0 Å². The van der Waals surface area contributed by atoms with Gasteiger partial charge in [0.1, 0.15) is 5.75 Å². The normalized spacial score (nSPS) is 10.2. The third-order valence-corrected chi connectivity index (χ3v) is 3.02. The summed E-state index contributed by atoms with van der Waals surface area (Å²) in [5.41, 5.74) is 2.74. The highest BCUT2D eigenvalue weighted by atomic mass is 16.5. The fourth-order valence-corrected chi connectivity index (χ4v) is 1.99. The van der Waals surface area contributed by atoms with Crippen LogP contribution >= 0.6 is 0 Å². The van der Waals surface area contributed by atoms with Crippen LogP contribution in [0.4, 0.5) is 5.69 Å². The molecule has 1 aromatic carbocycles. The van der Waals surface area contributed by atoms with Crippen LogP contribution in [0, 0.1) is 6.92 Å². The van der Waals surface area contributed by atoms with Crippen LogP contribution in [-0.4, -0.2) is 19.7 Å². The average molecular weight is 289 g/mol. The summed E-state index contributed by atoms with van der Waals surface area (Å²) in [5.74, 6) is 0.529. The fraction of sp³-hybridized carbons (Fsp3) is 0.312. The zero-order valence-corrected chi connectivity index (χ0v) is 12.4. The van der Waals surface area contributed by atoms with Crippen molar-refractivity contribution in [3.63, 3.8) is 0 Å². The number of aryl methyl sites for hydroxylation is 1. The lowest BCUT2D eigenvalue weighted by molar-refractivity contribution is 0.0563. The molecule has 5 heteroatoms. The quantitative estimate of drug-likeness (QED) is 0.826. The number of carbonyl (C=O) groups excluding carboxylic acids is 1. The molecule has 21 heavy (non-hydrogen) atoms. The van der Waals surface area contributed by atoms with E-state index in [1.807, 2.05) is 32.0 Å². The molecule has 0 saturated carbocycles. The summed E-state index contributed by atoms with van der Waals surface area (Å²) in [7, 11) is 1.33. The second kappa shape index (κ2) is 6.83. The first kappa shape index (κ1) is 15.0. The van der Waals surface area contributed by atoms with Gasteiger partial charge in [0.15, 0.2) is 0 Å². The van der Waals surface area contributed by atoms with Crippen molar-refractivity contribution in [3.05, 3.63) is 47.4 Å². The molecule has 0 unspecified atom stereocenters. The molecule has 1 N–H and O–H groups in total. The van der Waals surface area contributed by atoms with Gasteiger partial charge < -0.3 is 19.2 Å². The first-order chi connectivity index (χ1) is 10.2. The van der Waals surface area contributed by atoms with Gasteiger partial charge in [-0.25, -0.2) is 4.79 Å². The molecule has 2 rings (SSSR count). The maximum Gasteiger partial charge on any atom is 0.374 e. The Bertz CT molecular complexity index is 618. The maximum absolute atomic E-state index is 11.6. The molecular weight excluding hydrogens is 270 g/mol. The van der Waals surface area contributed by atoms with Gasteiger partial charge in [0.05, 0.1) is 25.7 Å². The zero-order valence-electron chi connectivity index (χ0n) is 12.4. The lowest BCUT2D eigenvalue weighted by Crippen LogP contribution is -2.07. The summed E-state index contributed by atoms with van der Waals surface area (Å²) in [6.45, 7) is 5.00. The Hall–Kier alpha value is -2.43. The molecule has 1 aromatic heterocycles. The van der Waals surface area contributed by atoms with Gasteiger partial charge in [0.25, 0.3) is 0 Å². The second-order valence-electron chi connectivity index (χ2n) is 4.55. The summed E-state index contributed by atoms with van der Waals surface area (Å²) in [6, 6.07) is 7.68. The molecular formula is C16H19NO4. The number of carbonyl (C=O) groups is 1. The van der Waals surface area contributed by atoms with Gasteiger partial charge in [-0.05, 0) is 37.6 Å². The minimum Gasteiger partial charge on any atom is -0.492 e. The Balaban J connectivity index is 2.13. The molecule has 2 aromatic rings. The smallest absolute Gasteiger partial charge is 0.374 e. The lowest BCUT2D eigenvalue weighted by Gasteiger charge is -2.13. The van der Waals surface area contributed by atoms with Crippen LogP contribution in [0.15, 0.2) is 34.9 Å². The van der Waals surface area contributed by atoms with Crippen molar-refractivity contribution in [1.29, 1.82) is 0 Å². The molecule has 0 aliphatic carbocycles. The van der Waals surface area contributed by atoms with Gasteiger partial charge in [0, 0.05) is 12.1 Å². The highest BCUT2D eigenvalue weighted by Crippen LogP contribution is 2.26. The van der Waals surface area contributed by atoms with E-state index in [0.29, 0.717) is 13.2 Å². The number of anilines is 1. The zero-order chi connectivity index (χ0) is 15.2. The molecule has 0 radical (unpaired) electrons. The van der Waals surface area contributed by atoms with Gasteiger partial charge in [-0.3, -0.25) is 0 Å². The Morgan fingerprint density at radius 2 is 2.14 bits per heavy atom. The molecule has 5 nitrogen and oxygen atoms in total. The number of methoxy groups -OCH3 is 1. The second-order valence-corrected chi connectivity index (χ2v) is 4.55. The topological polar surface area (TPSA) is 60.7 Å². The predicted octanol–water partition coefficient (Wildman–Crippen LogP) is 3.39. The average Bonchev–Trinajstić information content (AvgIpc) is 2.94. The number of nitrogens with one attached hydrogen (secondary N) is 1. The Kier molecular flexibility index (Phi) is 4.87. The number of hydrogen-bond donors (Lipinski definition) is 1. The summed E-state index contributed by atoms with van der Waals surface area (Å²) in [4.78, 5) is 11.6. The number of esters is 1. The van der Waals surface area contributed by atoms with E-state index in [2.05, 4.69) is 10.1 Å². The van der Waals surface area contributed by atoms with E-state index in [0.717, 1.165) is 22.6 Å². The van der Waals surface area contributed by atoms with E-state index in [-0.39, 0.29) is 5.76 Å². The lowest BCUT2D eigenvalue weighted by atomic mass is 10.2. The van der Waals surface area contributed by atoms with E-state index in [1.54, 1.807) is 6.07 Å². The fourth-order valence-electron chi connectivity index (χ4n) is 1.99. The number of rotatable bonds is 6. The number of ether oxygens (including phenoxy) is 2. The standard InChI is InChI=1S/C16H19NO4/c1-4-20-14-9-11(2)5-6-13(14)17-10-12-7-8-21-15(12)16(18)19-3/h5-9,17H,4,10H2,1-3H3. The first-order valence-corrected chi connectivity index (χ1v) is 6.77. The summed E-state index contributed by atoms with van der Waals surface area (Å²) < 4.78 is 15.4. The number of furan rings is 1. The Morgan fingerprint density at radius 3 is 2.86 bits per heavy atom. The molecule has 1 heterocycles. The first-order valence-electron chi connectivity index (χ1n) is 6.77. The summed E-state index contributed by atoms with van der Waals surface area (Å²) in [5, 5.41) is 3.25. The van der Waals surface area contributed by atoms with Crippen LogP contribution in [0.25, 0.3) is 0 Å². The Morgan fingerprint density at radius 1 is 1.33 bits per heavy atom. The van der Waals surface area contributed by atoms with Crippen LogP contribution in [-0.2, 0) is 11.3 Å². The largest absolute Gasteiger partial charge is 0.492 e. The van der Waals surface area contributed by atoms with Crippen molar-refractivity contribution in [2.75, 3.05) is 19.0 Å². The molecule has 0 atom stereocenters. The van der Waals surface area contributed by atoms with Gasteiger partial charge in [-0.15, -0.1) is 0 Å². The van der Waals surface area contributed by atoms with E-state index < -0.39 is 5.97 Å². The van der Waals surface area contributed by atoms with Crippen molar-refractivity contribution in [1.82, 2.24) is 0 Å². The number of benzene rings is 1. The SMILES string of the molecule is CCOc1cc(C)ccc1NCc1ccoc1C(=O)OC. The molecule has 0 aliphatic heterocycles. The van der Waals surface area contributed by atoms with Gasteiger partial charge >= 0.3 is 5.97 Å². The van der Waals surface area contributed by atoms with Crippen LogP contribution in [0.2, 0.25) is 0 Å². The number of hydrogen-bond acceptors (Lipinski definition) is 5. The molecule has 0 saturated heterocycles. The Labute approximate surface area is 123 Å². The van der Waals surface area contributed by atoms with Crippen LogP contribution in [0.1, 0.15) is 28.6 Å². The van der Waals surface area contributed by atoms with Gasteiger partial charge in [-0.2, -0.15) is 0 Å². The molecule has 0 bridgehead atoms. The highest BCUT2D eigenvalue weighted by Gasteiger charge is 2.15. The molecule has 0 aliphatic rings. The van der Waals surface area contributed by atoms with Gasteiger partial charge in [-0.1, -0.05) is 6.07 Å². The van der Waals surface area contributed by atoms with Crippen molar-refractivity contribution >= 4 is 11.7 Å². The van der Waals surface area contributed by atoms with Gasteiger partial charge in [0.2, 0.25) is 5.76 Å². The third-order valence-electron chi connectivity index (χ3n) is 3.02.